The lowest BCUT2D eigenvalue weighted by Crippen LogP contribution is -2.40. The van der Waals surface area contributed by atoms with E-state index in [1.165, 1.54) is 0 Å². The fourth-order valence-corrected chi connectivity index (χ4v) is 1.88. The van der Waals surface area contributed by atoms with Gasteiger partial charge in [0, 0.05) is 6.20 Å². The molecule has 7 heteroatoms. The number of nitrogens with zero attached hydrogens (tertiary/aromatic N) is 2. The largest absolute Gasteiger partial charge is 0.286 e. The van der Waals surface area contributed by atoms with Crippen molar-refractivity contribution in [3.63, 3.8) is 0 Å². The third-order valence-electron chi connectivity index (χ3n) is 3.03. The molecule has 7 nitrogen and oxygen atoms in total. The number of hydrogen-bond acceptors (Lipinski definition) is 5. The van der Waals surface area contributed by atoms with Crippen LogP contribution in [0.5, 0.6) is 0 Å². The van der Waals surface area contributed by atoms with Gasteiger partial charge in [-0.3, -0.25) is 25.6 Å². The van der Waals surface area contributed by atoms with Crippen LogP contribution in [0.15, 0.2) is 24.4 Å². The molecular formula is C14H22N4O3. The molecule has 0 spiro atoms. The van der Waals surface area contributed by atoms with E-state index >= 15 is 0 Å². The quantitative estimate of drug-likeness (QED) is 0.263. The summed E-state index contributed by atoms with van der Waals surface area (Å²) in [5.74, 6) is -0.227. The zero-order valence-electron chi connectivity index (χ0n) is 12.2. The summed E-state index contributed by atoms with van der Waals surface area (Å²) in [4.78, 5) is 26.6. The van der Waals surface area contributed by atoms with Crippen molar-refractivity contribution in [3.05, 3.63) is 24.4 Å². The van der Waals surface area contributed by atoms with Gasteiger partial charge >= 0.3 is 0 Å². The molecule has 1 aromatic heterocycles. The Kier molecular flexibility index (Phi) is 7.81. The van der Waals surface area contributed by atoms with Crippen molar-refractivity contribution >= 4 is 18.1 Å². The van der Waals surface area contributed by atoms with Crippen molar-refractivity contribution in [1.82, 2.24) is 15.5 Å². The van der Waals surface area contributed by atoms with Crippen LogP contribution in [0, 0.1) is 5.92 Å². The molecule has 0 aromatic carbocycles. The van der Waals surface area contributed by atoms with Crippen molar-refractivity contribution in [1.29, 1.82) is 0 Å². The summed E-state index contributed by atoms with van der Waals surface area (Å²) in [6.07, 6.45) is 5.42. The number of hydrazine groups is 1. The van der Waals surface area contributed by atoms with Crippen LogP contribution in [0.3, 0.4) is 0 Å². The van der Waals surface area contributed by atoms with Gasteiger partial charge in [-0.2, -0.15) is 0 Å². The van der Waals surface area contributed by atoms with Gasteiger partial charge < -0.3 is 0 Å². The van der Waals surface area contributed by atoms with E-state index in [0.29, 0.717) is 23.7 Å². The van der Waals surface area contributed by atoms with E-state index in [4.69, 9.17) is 0 Å². The number of carbonyl (C=O) groups excluding carboxylic acids is 2. The molecule has 0 fully saturated rings. The van der Waals surface area contributed by atoms with E-state index in [1.807, 2.05) is 0 Å². The highest BCUT2D eigenvalue weighted by molar-refractivity contribution is 5.80. The predicted octanol–water partition coefficient (Wildman–Crippen LogP) is 1.57. The Morgan fingerprint density at radius 3 is 2.90 bits per heavy atom. The topological polar surface area (TPSA) is 94.6 Å². The average Bonchev–Trinajstić information content (AvgIpc) is 2.52. The Labute approximate surface area is 124 Å². The van der Waals surface area contributed by atoms with Gasteiger partial charge in [0.2, 0.25) is 12.3 Å². The van der Waals surface area contributed by atoms with Crippen molar-refractivity contribution in [3.8, 4) is 0 Å². The molecule has 1 aromatic rings. The highest BCUT2D eigenvalue weighted by Gasteiger charge is 2.20. The summed E-state index contributed by atoms with van der Waals surface area (Å²) in [5, 5.41) is 9.77. The first-order valence-corrected chi connectivity index (χ1v) is 7.05. The first kappa shape index (κ1) is 16.9. The van der Waals surface area contributed by atoms with Crippen LogP contribution in [0.4, 0.5) is 5.82 Å². The summed E-state index contributed by atoms with van der Waals surface area (Å²) in [7, 11) is 0. The van der Waals surface area contributed by atoms with Crippen molar-refractivity contribution in [2.24, 2.45) is 5.92 Å². The second-order valence-electron chi connectivity index (χ2n) is 4.75. The third kappa shape index (κ3) is 6.71. The summed E-state index contributed by atoms with van der Waals surface area (Å²) in [6, 6.07) is 5.28. The molecule has 1 atom stereocenters. The number of hydroxylamine groups is 2. The number of hydrogen-bond donors (Lipinski definition) is 3. The minimum atomic E-state index is -0.469. The number of pyridine rings is 1. The molecule has 3 N–H and O–H groups in total. The van der Waals surface area contributed by atoms with E-state index in [2.05, 4.69) is 22.8 Å². The van der Waals surface area contributed by atoms with Gasteiger partial charge in [0.05, 0.1) is 12.5 Å². The SMILES string of the molecule is CCCCC[C@@H](CN(O)C=O)C(=O)NNc1ccccn1. The minimum Gasteiger partial charge on any atom is -0.286 e. The van der Waals surface area contributed by atoms with Crippen LogP contribution < -0.4 is 10.9 Å². The number of anilines is 1. The lowest BCUT2D eigenvalue weighted by molar-refractivity contribution is -0.154. The zero-order valence-corrected chi connectivity index (χ0v) is 12.2. The molecule has 1 rings (SSSR count). The first-order chi connectivity index (χ1) is 10.2. The number of nitrogens with one attached hydrogen (secondary N) is 2. The van der Waals surface area contributed by atoms with Crippen LogP contribution in [-0.4, -0.2) is 34.1 Å². The number of aromatic nitrogens is 1. The van der Waals surface area contributed by atoms with Gasteiger partial charge in [-0.1, -0.05) is 32.3 Å². The van der Waals surface area contributed by atoms with Crippen molar-refractivity contribution in [2.45, 2.75) is 32.6 Å². The summed E-state index contributed by atoms with van der Waals surface area (Å²) in [6.45, 7) is 2.05. The van der Waals surface area contributed by atoms with E-state index in [9.17, 15) is 14.8 Å². The van der Waals surface area contributed by atoms with Crippen LogP contribution in [0.1, 0.15) is 32.6 Å². The maximum Gasteiger partial charge on any atom is 0.243 e. The van der Waals surface area contributed by atoms with Gasteiger partial charge in [0.15, 0.2) is 0 Å². The second kappa shape index (κ2) is 9.71. The maximum atomic E-state index is 12.1. The van der Waals surface area contributed by atoms with E-state index < -0.39 is 5.92 Å². The van der Waals surface area contributed by atoms with Crippen LogP contribution in [-0.2, 0) is 9.59 Å². The fourth-order valence-electron chi connectivity index (χ4n) is 1.88. The average molecular weight is 294 g/mol. The highest BCUT2D eigenvalue weighted by atomic mass is 16.5. The molecule has 2 amide bonds. The lowest BCUT2D eigenvalue weighted by atomic mass is 10.0. The summed E-state index contributed by atoms with van der Waals surface area (Å²) in [5.41, 5.74) is 5.26. The maximum absolute atomic E-state index is 12.1. The number of rotatable bonds is 10. The number of amides is 2. The summed E-state index contributed by atoms with van der Waals surface area (Å²) >= 11 is 0. The summed E-state index contributed by atoms with van der Waals surface area (Å²) < 4.78 is 0. The third-order valence-corrected chi connectivity index (χ3v) is 3.03. The van der Waals surface area contributed by atoms with Gasteiger partial charge in [-0.05, 0) is 18.6 Å². The molecule has 0 aliphatic heterocycles. The Hall–Kier alpha value is -2.15. The second-order valence-corrected chi connectivity index (χ2v) is 4.75. The molecule has 0 aliphatic carbocycles. The number of unbranched alkanes of at least 4 members (excludes halogenated alkanes) is 2. The lowest BCUT2D eigenvalue weighted by Gasteiger charge is -2.19. The molecule has 1 heterocycles. The van der Waals surface area contributed by atoms with Crippen LogP contribution in [0.25, 0.3) is 0 Å². The van der Waals surface area contributed by atoms with Gasteiger partial charge in [-0.25, -0.2) is 10.0 Å². The zero-order chi connectivity index (χ0) is 15.5. The van der Waals surface area contributed by atoms with E-state index in [-0.39, 0.29) is 12.5 Å². The Morgan fingerprint density at radius 1 is 1.48 bits per heavy atom. The number of carbonyl (C=O) groups is 2. The molecule has 0 saturated heterocycles. The smallest absolute Gasteiger partial charge is 0.243 e. The Morgan fingerprint density at radius 2 is 2.29 bits per heavy atom. The van der Waals surface area contributed by atoms with E-state index in [0.717, 1.165) is 19.3 Å². The molecule has 0 unspecified atom stereocenters. The Bertz CT molecular complexity index is 427. The molecular weight excluding hydrogens is 272 g/mol. The molecule has 0 aliphatic rings. The minimum absolute atomic E-state index is 0.0249. The standard InChI is InChI=1S/C14H22N4O3/c1-2-3-4-7-12(10-18(21)11-19)14(20)17-16-13-8-5-6-9-15-13/h5-6,8-9,11-12,21H,2-4,7,10H2,1H3,(H,15,16)(H,17,20)/t12-/m0/s1. The molecule has 21 heavy (non-hydrogen) atoms. The van der Waals surface area contributed by atoms with E-state index in [1.54, 1.807) is 24.4 Å². The van der Waals surface area contributed by atoms with Crippen molar-refractivity contribution in [2.75, 3.05) is 12.0 Å². The highest BCUT2D eigenvalue weighted by Crippen LogP contribution is 2.11. The monoisotopic (exact) mass is 294 g/mol. The normalized spacial score (nSPS) is 11.5. The first-order valence-electron chi connectivity index (χ1n) is 7.05. The fraction of sp³-hybridized carbons (Fsp3) is 0.500. The van der Waals surface area contributed by atoms with Gasteiger partial charge in [0.1, 0.15) is 5.82 Å². The van der Waals surface area contributed by atoms with Gasteiger partial charge in [0.25, 0.3) is 0 Å². The van der Waals surface area contributed by atoms with Gasteiger partial charge in [-0.15, -0.1) is 0 Å². The van der Waals surface area contributed by atoms with Crippen LogP contribution >= 0.6 is 0 Å². The molecule has 116 valence electrons. The van der Waals surface area contributed by atoms with Crippen LogP contribution in [0.2, 0.25) is 0 Å². The molecule has 0 bridgehead atoms. The predicted molar refractivity (Wildman–Crippen MR) is 78.2 cm³/mol. The molecule has 0 radical (unpaired) electrons. The molecule has 0 saturated carbocycles. The van der Waals surface area contributed by atoms with Crippen molar-refractivity contribution < 1.29 is 14.8 Å². The Balaban J connectivity index is 2.50.